The van der Waals surface area contributed by atoms with Crippen LogP contribution in [0.4, 0.5) is 0 Å². The van der Waals surface area contributed by atoms with Crippen LogP contribution >= 0.6 is 0 Å². The fourth-order valence-electron chi connectivity index (χ4n) is 1.88. The number of amides is 1. The van der Waals surface area contributed by atoms with Gasteiger partial charge < -0.3 is 0 Å². The summed E-state index contributed by atoms with van der Waals surface area (Å²) in [4.78, 5) is 19.9. The van der Waals surface area contributed by atoms with Crippen LogP contribution in [-0.2, 0) is 4.79 Å². The first-order chi connectivity index (χ1) is 8.31. The number of hydrogen-bond acceptors (Lipinski definition) is 5. The lowest BCUT2D eigenvalue weighted by Crippen LogP contribution is -2.37. The van der Waals surface area contributed by atoms with Gasteiger partial charge >= 0.3 is 0 Å². The van der Waals surface area contributed by atoms with Gasteiger partial charge in [-0.25, -0.2) is 15.4 Å². The highest BCUT2D eigenvalue weighted by Crippen LogP contribution is 2.15. The Bertz CT molecular complexity index is 385. The zero-order chi connectivity index (χ0) is 12.1. The van der Waals surface area contributed by atoms with Crippen LogP contribution in [0, 0.1) is 0 Å². The first kappa shape index (κ1) is 11.9. The van der Waals surface area contributed by atoms with Crippen LogP contribution in [-0.4, -0.2) is 23.6 Å². The van der Waals surface area contributed by atoms with Gasteiger partial charge in [0.25, 0.3) is 5.91 Å². The number of carbonyl (C=O) groups is 1. The molecule has 1 atom stereocenters. The molecule has 2 aliphatic heterocycles. The number of nitrogens with zero attached hydrogens (tertiary/aromatic N) is 4. The summed E-state index contributed by atoms with van der Waals surface area (Å²) >= 11 is 0. The second kappa shape index (κ2) is 5.65. The van der Waals surface area contributed by atoms with Crippen LogP contribution in [0.3, 0.4) is 0 Å². The summed E-state index contributed by atoms with van der Waals surface area (Å²) in [7, 11) is 0. The molecule has 2 rings (SSSR count). The molecule has 2 aliphatic rings. The van der Waals surface area contributed by atoms with Crippen molar-refractivity contribution < 1.29 is 4.79 Å². The summed E-state index contributed by atoms with van der Waals surface area (Å²) in [6.45, 7) is 2.20. The number of rotatable bonds is 6. The van der Waals surface area contributed by atoms with Crippen LogP contribution in [0.25, 0.3) is 0 Å². The smallest absolute Gasteiger partial charge is 0.270 e. The molecule has 0 saturated heterocycles. The predicted molar refractivity (Wildman–Crippen MR) is 65.0 cm³/mol. The molecule has 0 aliphatic carbocycles. The largest absolute Gasteiger partial charge is 0.274 e. The van der Waals surface area contributed by atoms with Crippen molar-refractivity contribution in [3.05, 3.63) is 0 Å². The van der Waals surface area contributed by atoms with E-state index in [1.54, 1.807) is 0 Å². The summed E-state index contributed by atoms with van der Waals surface area (Å²) < 4.78 is 0. The molecular formula is C11H17N5O. The van der Waals surface area contributed by atoms with Crippen molar-refractivity contribution in [2.24, 2.45) is 20.3 Å². The molecule has 0 aromatic heterocycles. The highest BCUT2D eigenvalue weighted by atomic mass is 16.2. The molecule has 1 N–H and O–H groups in total. The first-order valence-electron chi connectivity index (χ1n) is 6.17. The van der Waals surface area contributed by atoms with Gasteiger partial charge in [0.15, 0.2) is 11.9 Å². The van der Waals surface area contributed by atoms with E-state index in [1.807, 2.05) is 0 Å². The van der Waals surface area contributed by atoms with E-state index in [4.69, 9.17) is 0 Å². The average Bonchev–Trinajstić information content (AvgIpc) is 2.73. The minimum Gasteiger partial charge on any atom is -0.270 e. The Kier molecular flexibility index (Phi) is 3.95. The Hall–Kier alpha value is -1.59. The quantitative estimate of drug-likeness (QED) is 0.702. The van der Waals surface area contributed by atoms with E-state index in [9.17, 15) is 4.79 Å². The molecule has 0 aromatic carbocycles. The highest BCUT2D eigenvalue weighted by molar-refractivity contribution is 6.16. The second-order valence-electron chi connectivity index (χ2n) is 4.26. The van der Waals surface area contributed by atoms with Gasteiger partial charge in [-0.2, -0.15) is 0 Å². The topological polar surface area (TPSA) is 78.5 Å². The fourth-order valence-corrected chi connectivity index (χ4v) is 1.88. The van der Waals surface area contributed by atoms with Crippen LogP contribution in [0.15, 0.2) is 20.3 Å². The molecule has 17 heavy (non-hydrogen) atoms. The molecule has 1 unspecified atom stereocenters. The van der Waals surface area contributed by atoms with Gasteiger partial charge in [0, 0.05) is 6.42 Å². The molecule has 2 heterocycles. The summed E-state index contributed by atoms with van der Waals surface area (Å²) in [5.41, 5.74) is 2.29. The van der Waals surface area contributed by atoms with Gasteiger partial charge in [-0.15, -0.1) is 5.11 Å². The van der Waals surface area contributed by atoms with Crippen molar-refractivity contribution in [1.29, 1.82) is 0 Å². The Labute approximate surface area is 100 Å². The van der Waals surface area contributed by atoms with Gasteiger partial charge in [-0.05, 0) is 6.42 Å². The first-order valence-corrected chi connectivity index (χ1v) is 6.17. The third-order valence-electron chi connectivity index (χ3n) is 2.83. The maximum Gasteiger partial charge on any atom is 0.274 e. The number of nitrogens with one attached hydrogen (secondary N) is 1. The molecule has 1 amide bonds. The maximum atomic E-state index is 11.4. The summed E-state index contributed by atoms with van der Waals surface area (Å²) in [5, 5.41) is 7.26. The number of aliphatic imine (C=N–C) groups is 2. The third-order valence-corrected chi connectivity index (χ3v) is 2.83. The minimum atomic E-state index is -0.557. The zero-order valence-electron chi connectivity index (χ0n) is 10.0. The predicted octanol–water partition coefficient (Wildman–Crippen LogP) is 2.02. The van der Waals surface area contributed by atoms with E-state index >= 15 is 0 Å². The molecule has 0 bridgehead atoms. The van der Waals surface area contributed by atoms with Crippen molar-refractivity contribution in [2.45, 2.75) is 51.5 Å². The monoisotopic (exact) mass is 235 g/mol. The second-order valence-corrected chi connectivity index (χ2v) is 4.26. The lowest BCUT2D eigenvalue weighted by Gasteiger charge is -2.07. The summed E-state index contributed by atoms with van der Waals surface area (Å²) in [6, 6.07) is -0.557. The molecule has 6 nitrogen and oxygen atoms in total. The number of amidine groups is 2. The van der Waals surface area contributed by atoms with Gasteiger partial charge in [-0.1, -0.05) is 37.8 Å². The molecule has 0 radical (unpaired) electrons. The van der Waals surface area contributed by atoms with E-state index in [0.717, 1.165) is 18.7 Å². The Morgan fingerprint density at radius 2 is 2.06 bits per heavy atom. The van der Waals surface area contributed by atoms with E-state index in [0.29, 0.717) is 5.84 Å². The number of fused-ring (bicyclic) bond motifs is 1. The molecule has 0 fully saturated rings. The number of carbonyl (C=O) groups excluding carboxylic acids is 1. The van der Waals surface area contributed by atoms with Gasteiger partial charge in [0.1, 0.15) is 5.84 Å². The fraction of sp³-hybridized carbons (Fsp3) is 0.727. The van der Waals surface area contributed by atoms with Crippen molar-refractivity contribution in [3.63, 3.8) is 0 Å². The average molecular weight is 235 g/mol. The van der Waals surface area contributed by atoms with E-state index in [-0.39, 0.29) is 5.91 Å². The minimum absolute atomic E-state index is 0.236. The molecule has 92 valence electrons. The van der Waals surface area contributed by atoms with Crippen molar-refractivity contribution >= 4 is 17.6 Å². The normalized spacial score (nSPS) is 21.9. The zero-order valence-corrected chi connectivity index (χ0v) is 10.0. The number of hydrogen-bond donors (Lipinski definition) is 1. The molecule has 6 heteroatoms. The SMILES string of the molecule is CCCCCCCC1=NC2C(=O)NN=NC2=N1. The number of unbranched alkanes of at least 4 members (excludes halogenated alkanes) is 4. The van der Waals surface area contributed by atoms with Crippen molar-refractivity contribution in [1.82, 2.24) is 5.43 Å². The Morgan fingerprint density at radius 1 is 1.24 bits per heavy atom. The molecule has 0 spiro atoms. The molecular weight excluding hydrogens is 218 g/mol. The molecule has 0 saturated carbocycles. The standard InChI is InChI=1S/C11H17N5O/c1-2-3-4-5-6-7-8-12-9-10(13-8)14-16-15-11(9)17/h9H,2-7H2,1H3,(H,12,13,14,15,17). The highest BCUT2D eigenvalue weighted by Gasteiger charge is 2.32. The van der Waals surface area contributed by atoms with Gasteiger partial charge in [0.05, 0.1) is 0 Å². The Balaban J connectivity index is 1.80. The van der Waals surface area contributed by atoms with Gasteiger partial charge in [0.2, 0.25) is 0 Å². The van der Waals surface area contributed by atoms with Crippen LogP contribution in [0.1, 0.15) is 45.4 Å². The lowest BCUT2D eigenvalue weighted by molar-refractivity contribution is -0.121. The summed E-state index contributed by atoms with van der Waals surface area (Å²) in [5.74, 6) is 0.925. The van der Waals surface area contributed by atoms with E-state index < -0.39 is 6.04 Å². The molecule has 0 aromatic rings. The lowest BCUT2D eigenvalue weighted by atomic mass is 10.1. The van der Waals surface area contributed by atoms with E-state index in [2.05, 4.69) is 32.7 Å². The maximum absolute atomic E-state index is 11.4. The third kappa shape index (κ3) is 2.95. The van der Waals surface area contributed by atoms with E-state index in [1.165, 1.54) is 25.7 Å². The van der Waals surface area contributed by atoms with Crippen molar-refractivity contribution in [3.8, 4) is 0 Å². The van der Waals surface area contributed by atoms with Crippen molar-refractivity contribution in [2.75, 3.05) is 0 Å². The summed E-state index contributed by atoms with van der Waals surface area (Å²) in [6.07, 6.45) is 6.86. The van der Waals surface area contributed by atoms with Gasteiger partial charge in [-0.3, -0.25) is 4.79 Å². The Morgan fingerprint density at radius 3 is 2.82 bits per heavy atom. The van der Waals surface area contributed by atoms with Crippen LogP contribution < -0.4 is 5.43 Å². The van der Waals surface area contributed by atoms with Crippen LogP contribution in [0.5, 0.6) is 0 Å². The van der Waals surface area contributed by atoms with Crippen LogP contribution in [0.2, 0.25) is 0 Å².